The number of allylic oxidation sites excluding steroid dienone is 1. The summed E-state index contributed by atoms with van der Waals surface area (Å²) in [5, 5.41) is 18.7. The molecule has 0 fully saturated rings. The fourth-order valence-corrected chi connectivity index (χ4v) is 5.84. The van der Waals surface area contributed by atoms with Gasteiger partial charge in [0.05, 0.1) is 5.41 Å². The molecule has 0 spiro atoms. The summed E-state index contributed by atoms with van der Waals surface area (Å²) in [4.78, 5) is 12.0. The van der Waals surface area contributed by atoms with Gasteiger partial charge < -0.3 is 21.5 Å². The molecule has 1 amide bonds. The topological polar surface area (TPSA) is 90.4 Å². The molecule has 5 rings (SSSR count). The largest absolute Gasteiger partial charge is 0.507 e. The number of fused-ring (bicyclic) bond motifs is 2. The summed E-state index contributed by atoms with van der Waals surface area (Å²) in [5.41, 5.74) is 12.2. The molecular formula is C36H41N4O2+. The third-order valence-electron chi connectivity index (χ3n) is 8.06. The van der Waals surface area contributed by atoms with Gasteiger partial charge in [0.2, 0.25) is 11.6 Å². The first-order chi connectivity index (χ1) is 20.4. The number of hydrogen-bond donors (Lipinski definition) is 4. The van der Waals surface area contributed by atoms with Crippen LogP contribution >= 0.6 is 0 Å². The zero-order chi connectivity index (χ0) is 29.5. The molecule has 0 atom stereocenters. The highest BCUT2D eigenvalue weighted by Crippen LogP contribution is 2.42. The fraction of sp³-hybridized carbons (Fsp3) is 0.278. The van der Waals surface area contributed by atoms with Crippen LogP contribution < -0.4 is 16.4 Å². The summed E-state index contributed by atoms with van der Waals surface area (Å²) in [7, 11) is 0. The average molecular weight is 562 g/mol. The zero-order valence-corrected chi connectivity index (χ0v) is 24.6. The molecule has 6 heteroatoms. The van der Waals surface area contributed by atoms with Crippen LogP contribution in [-0.4, -0.2) is 40.9 Å². The van der Waals surface area contributed by atoms with Crippen molar-refractivity contribution < 1.29 is 14.5 Å². The number of para-hydroxylation sites is 1. The Morgan fingerprint density at radius 3 is 2.43 bits per heavy atom. The van der Waals surface area contributed by atoms with Crippen LogP contribution in [0, 0.1) is 0 Å². The Kier molecular flexibility index (Phi) is 9.03. The molecule has 0 saturated heterocycles. The maximum Gasteiger partial charge on any atom is 0.220 e. The number of rotatable bonds is 12. The van der Waals surface area contributed by atoms with Crippen LogP contribution in [0.2, 0.25) is 0 Å². The van der Waals surface area contributed by atoms with Gasteiger partial charge in [0.15, 0.2) is 5.71 Å². The molecule has 5 N–H and O–H groups in total. The van der Waals surface area contributed by atoms with Crippen molar-refractivity contribution in [3.63, 3.8) is 0 Å². The van der Waals surface area contributed by atoms with E-state index in [2.05, 4.69) is 77.6 Å². The zero-order valence-electron chi connectivity index (χ0n) is 24.6. The lowest BCUT2D eigenvalue weighted by molar-refractivity contribution is -0.438. The maximum atomic E-state index is 12.0. The minimum Gasteiger partial charge on any atom is -0.507 e. The highest BCUT2D eigenvalue weighted by atomic mass is 16.3. The smallest absolute Gasteiger partial charge is 0.220 e. The number of benzene rings is 4. The first-order valence-corrected chi connectivity index (χ1v) is 14.9. The minimum absolute atomic E-state index is 0.0721. The Morgan fingerprint density at radius 1 is 0.881 bits per heavy atom. The molecule has 0 aliphatic carbocycles. The highest BCUT2D eigenvalue weighted by Gasteiger charge is 2.44. The van der Waals surface area contributed by atoms with Gasteiger partial charge >= 0.3 is 0 Å². The molecule has 6 nitrogen and oxygen atoms in total. The predicted octanol–water partition coefficient (Wildman–Crippen LogP) is 7.01. The molecule has 1 aliphatic heterocycles. The number of nitrogens with zero attached hydrogens (tertiary/aromatic N) is 1. The van der Waals surface area contributed by atoms with Crippen molar-refractivity contribution >= 4 is 45.5 Å². The van der Waals surface area contributed by atoms with Crippen LogP contribution in [0.3, 0.4) is 0 Å². The van der Waals surface area contributed by atoms with E-state index in [-0.39, 0.29) is 11.3 Å². The summed E-state index contributed by atoms with van der Waals surface area (Å²) in [6.45, 7) is 6.43. The second kappa shape index (κ2) is 13.0. The van der Waals surface area contributed by atoms with Gasteiger partial charge in [0.1, 0.15) is 12.3 Å². The van der Waals surface area contributed by atoms with Crippen LogP contribution in [0.25, 0.3) is 16.8 Å². The SMILES string of the molecule is CC1(C)C(/C=C/c2ccc(O)c3ccccc23)=[N+](CCCCCC(=O)NCCN)c2ccc(Nc3ccccc3)cc21. The Morgan fingerprint density at radius 2 is 1.64 bits per heavy atom. The number of carbonyl (C=O) groups is 1. The van der Waals surface area contributed by atoms with Crippen molar-refractivity contribution in [1.82, 2.24) is 5.32 Å². The van der Waals surface area contributed by atoms with Crippen molar-refractivity contribution in [3.05, 3.63) is 102 Å². The van der Waals surface area contributed by atoms with E-state index in [0.717, 1.165) is 53.5 Å². The monoisotopic (exact) mass is 561 g/mol. The van der Waals surface area contributed by atoms with Crippen molar-refractivity contribution in [2.24, 2.45) is 5.73 Å². The molecule has 0 bridgehead atoms. The first kappa shape index (κ1) is 29.1. The first-order valence-electron chi connectivity index (χ1n) is 14.9. The second-order valence-corrected chi connectivity index (χ2v) is 11.4. The number of amides is 1. The maximum absolute atomic E-state index is 12.0. The Labute approximate surface area is 248 Å². The van der Waals surface area contributed by atoms with Gasteiger partial charge in [-0.15, -0.1) is 0 Å². The molecule has 0 radical (unpaired) electrons. The Bertz CT molecular complexity index is 1620. The van der Waals surface area contributed by atoms with Crippen LogP contribution in [0.1, 0.15) is 50.7 Å². The van der Waals surface area contributed by atoms with E-state index in [1.165, 1.54) is 17.0 Å². The minimum atomic E-state index is -0.227. The molecule has 1 aliphatic rings. The number of nitrogens with two attached hydrogens (primary N) is 1. The van der Waals surface area contributed by atoms with Crippen LogP contribution in [0.15, 0.2) is 91.0 Å². The van der Waals surface area contributed by atoms with Gasteiger partial charge in [-0.1, -0.05) is 48.5 Å². The van der Waals surface area contributed by atoms with E-state index in [1.807, 2.05) is 42.5 Å². The van der Waals surface area contributed by atoms with Gasteiger partial charge in [0.25, 0.3) is 0 Å². The summed E-state index contributed by atoms with van der Waals surface area (Å²) >= 11 is 0. The predicted molar refractivity (Wildman–Crippen MR) is 174 cm³/mol. The third-order valence-corrected chi connectivity index (χ3v) is 8.06. The molecule has 0 saturated carbocycles. The number of hydrogen-bond acceptors (Lipinski definition) is 4. The van der Waals surface area contributed by atoms with Crippen molar-refractivity contribution in [2.45, 2.75) is 44.9 Å². The van der Waals surface area contributed by atoms with Crippen molar-refractivity contribution in [2.75, 3.05) is 25.0 Å². The Hall–Kier alpha value is -4.42. The number of carbonyl (C=O) groups excluding carboxylic acids is 1. The van der Waals surface area contributed by atoms with E-state index < -0.39 is 0 Å². The van der Waals surface area contributed by atoms with Crippen LogP contribution in [-0.2, 0) is 10.2 Å². The number of nitrogens with one attached hydrogen (secondary N) is 2. The number of unbranched alkanes of at least 4 members (excludes halogenated alkanes) is 2. The molecule has 4 aromatic carbocycles. The normalized spacial score (nSPS) is 14.0. The van der Waals surface area contributed by atoms with E-state index in [0.29, 0.717) is 25.3 Å². The lowest BCUT2D eigenvalue weighted by Gasteiger charge is -2.17. The Balaban J connectivity index is 1.43. The summed E-state index contributed by atoms with van der Waals surface area (Å²) in [5.74, 6) is 0.364. The standard InChI is InChI=1S/C36H40N4O2/c1-36(2)31-25-28(39-27-11-5-3-6-12-27)18-19-32(31)40(24-10-4-7-15-35(42)38-23-22-37)34(36)21-17-26-16-20-33(41)30-14-9-8-13-29(26)30/h3,5-6,8-9,11-14,16-21,25,39H,4,7,10,15,22-24,37H2,1-2H3,(H,38,42)/p+1. The van der Waals surface area contributed by atoms with Gasteiger partial charge in [-0.2, -0.15) is 4.58 Å². The van der Waals surface area contributed by atoms with Crippen molar-refractivity contribution in [1.29, 1.82) is 0 Å². The quantitative estimate of drug-likeness (QED) is 0.111. The molecule has 0 unspecified atom stereocenters. The van der Waals surface area contributed by atoms with Gasteiger partial charge in [-0.25, -0.2) is 0 Å². The molecule has 1 heterocycles. The summed E-state index contributed by atoms with van der Waals surface area (Å²) in [6, 6.07) is 28.6. The molecule has 0 aromatic heterocycles. The molecule has 216 valence electrons. The second-order valence-electron chi connectivity index (χ2n) is 11.4. The highest BCUT2D eigenvalue weighted by molar-refractivity contribution is 6.07. The van der Waals surface area contributed by atoms with Gasteiger partial charge in [-0.05, 0) is 74.0 Å². The molecule has 4 aromatic rings. The van der Waals surface area contributed by atoms with Crippen molar-refractivity contribution in [3.8, 4) is 5.75 Å². The average Bonchev–Trinajstić information content (AvgIpc) is 3.21. The van der Waals surface area contributed by atoms with E-state index in [4.69, 9.17) is 5.73 Å². The number of phenols is 1. The van der Waals surface area contributed by atoms with Crippen LogP contribution in [0.4, 0.5) is 17.1 Å². The third kappa shape index (κ3) is 6.39. The summed E-state index contributed by atoms with van der Waals surface area (Å²) in [6.07, 6.45) is 7.73. The van der Waals surface area contributed by atoms with E-state index >= 15 is 0 Å². The van der Waals surface area contributed by atoms with E-state index in [1.54, 1.807) is 6.07 Å². The fourth-order valence-electron chi connectivity index (χ4n) is 5.84. The number of anilines is 2. The van der Waals surface area contributed by atoms with Crippen LogP contribution in [0.5, 0.6) is 5.75 Å². The number of phenolic OH excluding ortho intramolecular Hbond substituents is 1. The number of aromatic hydroxyl groups is 1. The molecular weight excluding hydrogens is 520 g/mol. The lowest BCUT2D eigenvalue weighted by Crippen LogP contribution is -2.28. The van der Waals surface area contributed by atoms with Gasteiger partial charge in [-0.3, -0.25) is 4.79 Å². The summed E-state index contributed by atoms with van der Waals surface area (Å²) < 4.78 is 2.44. The van der Waals surface area contributed by atoms with E-state index in [9.17, 15) is 9.90 Å². The molecule has 42 heavy (non-hydrogen) atoms. The lowest BCUT2D eigenvalue weighted by atomic mass is 9.81. The van der Waals surface area contributed by atoms with Gasteiger partial charge in [0, 0.05) is 60.4 Å².